The Hall–Kier alpha value is -0.440. The molecule has 178 valence electrons. The van der Waals surface area contributed by atoms with Crippen molar-refractivity contribution in [3.63, 3.8) is 0 Å². The van der Waals surface area contributed by atoms with Crippen molar-refractivity contribution < 1.29 is 0 Å². The zero-order valence-electron chi connectivity index (χ0n) is 21.4. The summed E-state index contributed by atoms with van der Waals surface area (Å²) in [4.78, 5) is 0. The predicted octanol–water partition coefficient (Wildman–Crippen LogP) is 11.2. The van der Waals surface area contributed by atoms with Crippen LogP contribution in [0.25, 0.3) is 0 Å². The Bertz CT molecular complexity index is 345. The lowest BCUT2D eigenvalue weighted by Crippen LogP contribution is -1.84. The lowest BCUT2D eigenvalue weighted by atomic mass is 10.0. The van der Waals surface area contributed by atoms with E-state index in [9.17, 15) is 0 Å². The molecule has 0 bridgehead atoms. The SMILES string of the molecule is CCCCCC#CCCCCCCCCCCCCCCCCCCCCCCC. The molecular weight excluding hydrogens is 360 g/mol. The van der Waals surface area contributed by atoms with E-state index in [1.54, 1.807) is 0 Å². The van der Waals surface area contributed by atoms with E-state index in [1.807, 2.05) is 0 Å². The molecule has 0 heteroatoms. The predicted molar refractivity (Wildman–Crippen MR) is 139 cm³/mol. The van der Waals surface area contributed by atoms with Gasteiger partial charge >= 0.3 is 0 Å². The van der Waals surface area contributed by atoms with Crippen LogP contribution in [0.2, 0.25) is 0 Å². The molecule has 0 fully saturated rings. The lowest BCUT2D eigenvalue weighted by Gasteiger charge is -2.04. The second-order valence-electron chi connectivity index (χ2n) is 9.63. The second kappa shape index (κ2) is 28.6. The normalized spacial score (nSPS) is 10.9. The fourth-order valence-corrected chi connectivity index (χ4v) is 4.29. The molecule has 0 amide bonds. The lowest BCUT2D eigenvalue weighted by molar-refractivity contribution is 0.520. The van der Waals surface area contributed by atoms with Crippen molar-refractivity contribution in [2.45, 2.75) is 181 Å². The summed E-state index contributed by atoms with van der Waals surface area (Å²) in [6.07, 6.45) is 36.8. The minimum Gasteiger partial charge on any atom is -0.103 e. The molecule has 0 saturated carbocycles. The van der Waals surface area contributed by atoms with Gasteiger partial charge in [-0.2, -0.15) is 0 Å². The van der Waals surface area contributed by atoms with Gasteiger partial charge in [0.25, 0.3) is 0 Å². The van der Waals surface area contributed by atoms with Gasteiger partial charge in [0.2, 0.25) is 0 Å². The zero-order chi connectivity index (χ0) is 21.8. The van der Waals surface area contributed by atoms with Crippen LogP contribution in [-0.2, 0) is 0 Å². The molecule has 0 atom stereocenters. The van der Waals surface area contributed by atoms with Crippen molar-refractivity contribution in [2.24, 2.45) is 0 Å². The Labute approximate surface area is 192 Å². The van der Waals surface area contributed by atoms with E-state index < -0.39 is 0 Å². The molecule has 0 aliphatic heterocycles. The molecule has 0 radical (unpaired) electrons. The number of hydrogen-bond donors (Lipinski definition) is 0. The van der Waals surface area contributed by atoms with Crippen molar-refractivity contribution in [3.8, 4) is 11.8 Å². The number of rotatable bonds is 24. The monoisotopic (exact) mass is 418 g/mol. The molecule has 0 nitrogen and oxygen atoms in total. The fraction of sp³-hybridized carbons (Fsp3) is 0.933. The molecule has 0 aromatic rings. The molecule has 0 unspecified atom stereocenters. The van der Waals surface area contributed by atoms with E-state index in [-0.39, 0.29) is 0 Å². The summed E-state index contributed by atoms with van der Waals surface area (Å²) in [5, 5.41) is 0. The summed E-state index contributed by atoms with van der Waals surface area (Å²) in [7, 11) is 0. The molecule has 0 spiro atoms. The van der Waals surface area contributed by atoms with E-state index in [0.717, 1.165) is 12.8 Å². The highest BCUT2D eigenvalue weighted by molar-refractivity contribution is 4.98. The summed E-state index contributed by atoms with van der Waals surface area (Å²) in [6, 6.07) is 0. The van der Waals surface area contributed by atoms with Crippen molar-refractivity contribution in [1.29, 1.82) is 0 Å². The van der Waals surface area contributed by atoms with Gasteiger partial charge in [0.05, 0.1) is 0 Å². The Morgan fingerprint density at radius 3 is 0.767 bits per heavy atom. The van der Waals surface area contributed by atoms with Crippen molar-refractivity contribution in [2.75, 3.05) is 0 Å². The van der Waals surface area contributed by atoms with E-state index in [4.69, 9.17) is 0 Å². The fourth-order valence-electron chi connectivity index (χ4n) is 4.29. The van der Waals surface area contributed by atoms with Gasteiger partial charge in [-0.05, 0) is 12.8 Å². The van der Waals surface area contributed by atoms with Crippen molar-refractivity contribution in [3.05, 3.63) is 0 Å². The van der Waals surface area contributed by atoms with Crippen LogP contribution >= 0.6 is 0 Å². The van der Waals surface area contributed by atoms with Gasteiger partial charge < -0.3 is 0 Å². The Balaban J connectivity index is 3.03. The maximum Gasteiger partial charge on any atom is 0.00886 e. The van der Waals surface area contributed by atoms with Crippen LogP contribution in [0.15, 0.2) is 0 Å². The summed E-state index contributed by atoms with van der Waals surface area (Å²) >= 11 is 0. The Morgan fingerprint density at radius 2 is 0.467 bits per heavy atom. The molecule has 0 heterocycles. The first-order chi connectivity index (χ1) is 14.9. The van der Waals surface area contributed by atoms with Crippen molar-refractivity contribution >= 4 is 0 Å². The van der Waals surface area contributed by atoms with Gasteiger partial charge in [0.1, 0.15) is 0 Å². The van der Waals surface area contributed by atoms with Gasteiger partial charge in [0, 0.05) is 12.8 Å². The van der Waals surface area contributed by atoms with Gasteiger partial charge in [-0.15, -0.1) is 11.8 Å². The van der Waals surface area contributed by atoms with E-state index in [2.05, 4.69) is 25.7 Å². The number of hydrogen-bond acceptors (Lipinski definition) is 0. The summed E-state index contributed by atoms with van der Waals surface area (Å²) in [5.41, 5.74) is 0. The standard InChI is InChI=1S/C30H58/c1-3-5-7-9-11-13-15-17-19-21-23-25-27-29-30-28-26-24-22-20-18-16-14-12-10-8-6-4-2/h3-11,13,15-30H2,1-2H3. The highest BCUT2D eigenvalue weighted by Gasteiger charge is 1.95. The molecule has 0 aliphatic rings. The average Bonchev–Trinajstić information content (AvgIpc) is 2.76. The maximum absolute atomic E-state index is 3.35. The van der Waals surface area contributed by atoms with Crippen LogP contribution in [0.1, 0.15) is 181 Å². The van der Waals surface area contributed by atoms with Crippen LogP contribution in [0.4, 0.5) is 0 Å². The molecule has 0 N–H and O–H groups in total. The first kappa shape index (κ1) is 29.6. The third-order valence-corrected chi connectivity index (χ3v) is 6.44. The second-order valence-corrected chi connectivity index (χ2v) is 9.63. The highest BCUT2D eigenvalue weighted by Crippen LogP contribution is 2.15. The topological polar surface area (TPSA) is 0 Å². The molecule has 0 aliphatic carbocycles. The summed E-state index contributed by atoms with van der Waals surface area (Å²) < 4.78 is 0. The average molecular weight is 419 g/mol. The van der Waals surface area contributed by atoms with Crippen LogP contribution in [0.3, 0.4) is 0 Å². The first-order valence-corrected chi connectivity index (χ1v) is 14.4. The first-order valence-electron chi connectivity index (χ1n) is 14.4. The molecule has 0 aromatic heterocycles. The van der Waals surface area contributed by atoms with Crippen LogP contribution in [0.5, 0.6) is 0 Å². The van der Waals surface area contributed by atoms with E-state index >= 15 is 0 Å². The van der Waals surface area contributed by atoms with Crippen LogP contribution in [0, 0.1) is 11.8 Å². The summed E-state index contributed by atoms with van der Waals surface area (Å²) in [6.45, 7) is 4.56. The van der Waals surface area contributed by atoms with Gasteiger partial charge in [-0.3, -0.25) is 0 Å². The third kappa shape index (κ3) is 27.6. The van der Waals surface area contributed by atoms with Gasteiger partial charge in [-0.25, -0.2) is 0 Å². The minimum absolute atomic E-state index is 1.12. The Morgan fingerprint density at radius 1 is 0.267 bits per heavy atom. The highest BCUT2D eigenvalue weighted by atomic mass is 14.0. The number of unbranched alkanes of at least 4 members (excludes halogenated alkanes) is 24. The molecule has 0 saturated heterocycles. The van der Waals surface area contributed by atoms with Crippen molar-refractivity contribution in [1.82, 2.24) is 0 Å². The van der Waals surface area contributed by atoms with E-state index in [0.29, 0.717) is 0 Å². The smallest absolute Gasteiger partial charge is 0.00886 e. The molecular formula is C30H58. The molecule has 30 heavy (non-hydrogen) atoms. The molecule has 0 rings (SSSR count). The Kier molecular flexibility index (Phi) is 28.1. The maximum atomic E-state index is 3.35. The van der Waals surface area contributed by atoms with Crippen LogP contribution in [-0.4, -0.2) is 0 Å². The third-order valence-electron chi connectivity index (χ3n) is 6.44. The summed E-state index contributed by atoms with van der Waals surface area (Å²) in [5.74, 6) is 6.69. The zero-order valence-corrected chi connectivity index (χ0v) is 21.4. The molecule has 0 aromatic carbocycles. The minimum atomic E-state index is 1.12. The quantitative estimate of drug-likeness (QED) is 0.108. The van der Waals surface area contributed by atoms with Crippen LogP contribution < -0.4 is 0 Å². The van der Waals surface area contributed by atoms with Gasteiger partial charge in [0.15, 0.2) is 0 Å². The van der Waals surface area contributed by atoms with Gasteiger partial charge in [-0.1, -0.05) is 155 Å². The largest absolute Gasteiger partial charge is 0.103 e. The van der Waals surface area contributed by atoms with E-state index in [1.165, 1.54) is 154 Å².